The average Bonchev–Trinajstić information content (AvgIpc) is 2.21. The van der Waals surface area contributed by atoms with Crippen LogP contribution in [0.1, 0.15) is 5.56 Å². The average molecular weight is 209 g/mol. The topological polar surface area (TPSA) is 55.1 Å². The fourth-order valence-corrected chi connectivity index (χ4v) is 1.12. The Labute approximate surface area is 87.2 Å². The molecule has 0 spiro atoms. The van der Waals surface area contributed by atoms with Gasteiger partial charge in [0.2, 0.25) is 0 Å². The Kier molecular flexibility index (Phi) is 3.52. The lowest BCUT2D eigenvalue weighted by Crippen LogP contribution is -2.09. The molecule has 0 saturated heterocycles. The van der Waals surface area contributed by atoms with E-state index in [0.717, 1.165) is 5.56 Å². The zero-order valence-corrected chi connectivity index (χ0v) is 8.14. The number of hydrogen-bond donors (Lipinski definition) is 2. The predicted molar refractivity (Wildman–Crippen MR) is 56.8 cm³/mol. The number of anilines is 1. The quantitative estimate of drug-likeness (QED) is 0.722. The van der Waals surface area contributed by atoms with Gasteiger partial charge in [-0.25, -0.2) is 0 Å². The Hall–Kier alpha value is -1.50. The largest absolute Gasteiger partial charge is 0.326 e. The van der Waals surface area contributed by atoms with Gasteiger partial charge in [-0.05, 0) is 23.6 Å². The number of benzene rings is 1. The summed E-state index contributed by atoms with van der Waals surface area (Å²) in [6, 6.07) is 5.14. The summed E-state index contributed by atoms with van der Waals surface area (Å²) < 4.78 is 0. The molecular formula is C10H9ClN2O. The van der Waals surface area contributed by atoms with Crippen molar-refractivity contribution in [2.45, 2.75) is 6.54 Å². The maximum Gasteiger partial charge on any atom is 0.300 e. The molecular weight excluding hydrogens is 200 g/mol. The molecule has 3 N–H and O–H groups in total. The number of amides is 1. The Morgan fingerprint density at radius 1 is 1.64 bits per heavy atom. The molecule has 0 bridgehead atoms. The van der Waals surface area contributed by atoms with E-state index >= 15 is 0 Å². The van der Waals surface area contributed by atoms with Crippen LogP contribution in [0.2, 0.25) is 5.02 Å². The lowest BCUT2D eigenvalue weighted by Gasteiger charge is -2.05. The lowest BCUT2D eigenvalue weighted by molar-refractivity contribution is -0.111. The standard InChI is InChI=1S/C10H9ClN2O/c1-2-10(14)13-9-5-7(6-12)3-4-8(9)11/h1,3-5H,6,12H2,(H,13,14). The van der Waals surface area contributed by atoms with Crippen molar-refractivity contribution in [2.24, 2.45) is 5.73 Å². The fraction of sp³-hybridized carbons (Fsp3) is 0.100. The van der Waals surface area contributed by atoms with Gasteiger partial charge >= 0.3 is 0 Å². The van der Waals surface area contributed by atoms with Gasteiger partial charge in [-0.3, -0.25) is 4.79 Å². The van der Waals surface area contributed by atoms with E-state index in [0.29, 0.717) is 17.3 Å². The molecule has 0 unspecified atom stereocenters. The number of halogens is 1. The number of nitrogens with one attached hydrogen (secondary N) is 1. The molecule has 0 saturated carbocycles. The highest BCUT2D eigenvalue weighted by Crippen LogP contribution is 2.22. The third kappa shape index (κ3) is 2.49. The molecule has 0 heterocycles. The number of carbonyl (C=O) groups excluding carboxylic acids is 1. The SMILES string of the molecule is C#CC(=O)Nc1cc(CN)ccc1Cl. The molecule has 14 heavy (non-hydrogen) atoms. The first kappa shape index (κ1) is 10.6. The van der Waals surface area contributed by atoms with Crippen LogP contribution in [0.3, 0.4) is 0 Å². The first-order valence-corrected chi connectivity index (χ1v) is 4.31. The van der Waals surface area contributed by atoms with Crippen LogP contribution >= 0.6 is 11.6 Å². The predicted octanol–water partition coefficient (Wildman–Crippen LogP) is 1.37. The minimum absolute atomic E-state index is 0.385. The number of hydrogen-bond acceptors (Lipinski definition) is 2. The maximum absolute atomic E-state index is 10.9. The van der Waals surface area contributed by atoms with Gasteiger partial charge in [0.1, 0.15) is 0 Å². The van der Waals surface area contributed by atoms with Gasteiger partial charge in [0.25, 0.3) is 5.91 Å². The summed E-state index contributed by atoms with van der Waals surface area (Å²) in [6.45, 7) is 0.385. The zero-order valence-electron chi connectivity index (χ0n) is 7.38. The van der Waals surface area contributed by atoms with E-state index in [4.69, 9.17) is 23.8 Å². The summed E-state index contributed by atoms with van der Waals surface area (Å²) in [4.78, 5) is 10.9. The van der Waals surface area contributed by atoms with Gasteiger partial charge in [-0.15, -0.1) is 6.42 Å². The Morgan fingerprint density at radius 2 is 2.36 bits per heavy atom. The van der Waals surface area contributed by atoms with Crippen LogP contribution in [0.25, 0.3) is 0 Å². The van der Waals surface area contributed by atoms with Crippen LogP contribution < -0.4 is 11.1 Å². The van der Waals surface area contributed by atoms with E-state index in [1.54, 1.807) is 18.2 Å². The van der Waals surface area contributed by atoms with Crippen molar-refractivity contribution in [1.82, 2.24) is 0 Å². The summed E-state index contributed by atoms with van der Waals surface area (Å²) in [6.07, 6.45) is 4.91. The van der Waals surface area contributed by atoms with Crippen molar-refractivity contribution < 1.29 is 4.79 Å². The molecule has 1 aromatic carbocycles. The minimum Gasteiger partial charge on any atom is -0.326 e. The number of carbonyl (C=O) groups is 1. The molecule has 3 nitrogen and oxygen atoms in total. The summed E-state index contributed by atoms with van der Waals surface area (Å²) in [5, 5.41) is 2.91. The van der Waals surface area contributed by atoms with E-state index < -0.39 is 5.91 Å². The molecule has 4 heteroatoms. The summed E-state index contributed by atoms with van der Waals surface area (Å²) in [5.74, 6) is 1.41. The van der Waals surface area contributed by atoms with Gasteiger partial charge in [0.05, 0.1) is 10.7 Å². The second-order valence-electron chi connectivity index (χ2n) is 2.62. The van der Waals surface area contributed by atoms with Gasteiger partial charge in [-0.1, -0.05) is 17.7 Å². The van der Waals surface area contributed by atoms with Crippen LogP contribution in [0.15, 0.2) is 18.2 Å². The van der Waals surface area contributed by atoms with Crippen molar-refractivity contribution in [1.29, 1.82) is 0 Å². The third-order valence-corrected chi connectivity index (χ3v) is 1.98. The molecule has 72 valence electrons. The van der Waals surface area contributed by atoms with Crippen LogP contribution in [-0.4, -0.2) is 5.91 Å². The Bertz CT molecular complexity index is 396. The van der Waals surface area contributed by atoms with E-state index in [2.05, 4.69) is 5.32 Å². The number of rotatable bonds is 2. The Morgan fingerprint density at radius 3 is 2.93 bits per heavy atom. The highest BCUT2D eigenvalue weighted by molar-refractivity contribution is 6.33. The van der Waals surface area contributed by atoms with Crippen LogP contribution in [0, 0.1) is 12.3 Å². The van der Waals surface area contributed by atoms with Gasteiger partial charge in [0.15, 0.2) is 0 Å². The van der Waals surface area contributed by atoms with Crippen LogP contribution in [0.4, 0.5) is 5.69 Å². The van der Waals surface area contributed by atoms with Crippen molar-refractivity contribution in [3.8, 4) is 12.3 Å². The first-order valence-electron chi connectivity index (χ1n) is 3.93. The monoisotopic (exact) mass is 208 g/mol. The molecule has 1 aromatic rings. The maximum atomic E-state index is 10.9. The zero-order chi connectivity index (χ0) is 10.6. The Balaban J connectivity index is 2.96. The molecule has 0 aliphatic heterocycles. The summed E-state index contributed by atoms with van der Waals surface area (Å²) in [5.41, 5.74) is 6.80. The lowest BCUT2D eigenvalue weighted by atomic mass is 10.2. The van der Waals surface area contributed by atoms with Gasteiger partial charge in [-0.2, -0.15) is 0 Å². The highest BCUT2D eigenvalue weighted by Gasteiger charge is 2.03. The van der Waals surface area contributed by atoms with E-state index in [1.807, 2.05) is 5.92 Å². The molecule has 1 amide bonds. The third-order valence-electron chi connectivity index (χ3n) is 1.65. The van der Waals surface area contributed by atoms with Gasteiger partial charge < -0.3 is 11.1 Å². The molecule has 0 atom stereocenters. The summed E-state index contributed by atoms with van der Waals surface area (Å²) >= 11 is 5.83. The molecule has 0 radical (unpaired) electrons. The van der Waals surface area contributed by atoms with Crippen molar-refractivity contribution in [3.05, 3.63) is 28.8 Å². The molecule has 1 rings (SSSR count). The minimum atomic E-state index is -0.527. The van der Waals surface area contributed by atoms with E-state index in [9.17, 15) is 4.79 Å². The van der Waals surface area contributed by atoms with Crippen LogP contribution in [0.5, 0.6) is 0 Å². The van der Waals surface area contributed by atoms with Crippen molar-refractivity contribution >= 4 is 23.2 Å². The van der Waals surface area contributed by atoms with Gasteiger partial charge in [0, 0.05) is 6.54 Å². The molecule has 0 aliphatic carbocycles. The van der Waals surface area contributed by atoms with Crippen molar-refractivity contribution in [2.75, 3.05) is 5.32 Å². The smallest absolute Gasteiger partial charge is 0.300 e. The van der Waals surface area contributed by atoms with Crippen molar-refractivity contribution in [3.63, 3.8) is 0 Å². The second-order valence-corrected chi connectivity index (χ2v) is 3.02. The molecule has 0 aromatic heterocycles. The van der Waals surface area contributed by atoms with E-state index in [-0.39, 0.29) is 0 Å². The fourth-order valence-electron chi connectivity index (χ4n) is 0.954. The summed E-state index contributed by atoms with van der Waals surface area (Å²) in [7, 11) is 0. The second kappa shape index (κ2) is 4.66. The first-order chi connectivity index (χ1) is 6.67. The highest BCUT2D eigenvalue weighted by atomic mass is 35.5. The normalized spacial score (nSPS) is 9.21. The molecule has 0 aliphatic rings. The molecule has 0 fully saturated rings. The van der Waals surface area contributed by atoms with Crippen LogP contribution in [-0.2, 0) is 11.3 Å². The number of terminal acetylenes is 1. The van der Waals surface area contributed by atoms with E-state index in [1.165, 1.54) is 0 Å². The number of nitrogens with two attached hydrogens (primary N) is 1.